The van der Waals surface area contributed by atoms with Crippen LogP contribution in [0.3, 0.4) is 0 Å². The summed E-state index contributed by atoms with van der Waals surface area (Å²) in [5.41, 5.74) is 5.15. The van der Waals surface area contributed by atoms with Crippen molar-refractivity contribution in [1.82, 2.24) is 0 Å². The third-order valence-electron chi connectivity index (χ3n) is 1.91. The molecule has 15 heavy (non-hydrogen) atoms. The van der Waals surface area contributed by atoms with Gasteiger partial charge in [0.2, 0.25) is 0 Å². The Morgan fingerprint density at radius 2 is 1.87 bits per heavy atom. The first-order valence-electron chi connectivity index (χ1n) is 4.11. The molecule has 0 saturated heterocycles. The molecule has 1 atom stereocenters. The molecule has 80 valence electrons. The summed E-state index contributed by atoms with van der Waals surface area (Å²) in [7, 11) is 0. The first-order valence-corrected chi connectivity index (χ1v) is 4.11. The summed E-state index contributed by atoms with van der Waals surface area (Å²) < 4.78 is 0. The lowest BCUT2D eigenvalue weighted by Crippen LogP contribution is -2.08. The van der Waals surface area contributed by atoms with E-state index in [0.717, 1.165) is 6.07 Å². The molecule has 0 bridgehead atoms. The van der Waals surface area contributed by atoms with E-state index in [1.165, 1.54) is 12.1 Å². The van der Waals surface area contributed by atoms with E-state index in [0.29, 0.717) is 0 Å². The number of rotatable bonds is 3. The van der Waals surface area contributed by atoms with Gasteiger partial charge in [0.25, 0.3) is 11.4 Å². The highest BCUT2D eigenvalue weighted by Gasteiger charge is 2.20. The molecule has 0 aliphatic carbocycles. The number of non-ortho nitro benzene ring substituents is 1. The summed E-state index contributed by atoms with van der Waals surface area (Å²) >= 11 is 0. The van der Waals surface area contributed by atoms with Gasteiger partial charge in [-0.3, -0.25) is 20.2 Å². The first kappa shape index (κ1) is 11.1. The molecule has 0 amide bonds. The van der Waals surface area contributed by atoms with E-state index in [4.69, 9.17) is 5.73 Å². The molecule has 0 saturated carbocycles. The van der Waals surface area contributed by atoms with Gasteiger partial charge < -0.3 is 5.73 Å². The van der Waals surface area contributed by atoms with Crippen molar-refractivity contribution in [3.8, 4) is 0 Å². The molecule has 2 N–H and O–H groups in total. The number of hydrogen-bond donors (Lipinski definition) is 1. The fraction of sp³-hybridized carbons (Fsp3) is 0.250. The average molecular weight is 211 g/mol. The van der Waals surface area contributed by atoms with Crippen LogP contribution in [0, 0.1) is 20.2 Å². The summed E-state index contributed by atoms with van der Waals surface area (Å²) in [5.74, 6) is 0. The highest BCUT2D eigenvalue weighted by molar-refractivity contribution is 5.50. The van der Waals surface area contributed by atoms with E-state index in [1.54, 1.807) is 6.92 Å². The van der Waals surface area contributed by atoms with Crippen LogP contribution in [0.2, 0.25) is 0 Å². The molecule has 1 rings (SSSR count). The van der Waals surface area contributed by atoms with Crippen LogP contribution in [-0.4, -0.2) is 9.85 Å². The van der Waals surface area contributed by atoms with Crippen molar-refractivity contribution in [1.29, 1.82) is 0 Å². The molecular weight excluding hydrogens is 202 g/mol. The van der Waals surface area contributed by atoms with Crippen LogP contribution >= 0.6 is 0 Å². The number of nitrogens with zero attached hydrogens (tertiary/aromatic N) is 2. The number of nitro groups is 2. The van der Waals surface area contributed by atoms with Crippen LogP contribution in [0.4, 0.5) is 11.4 Å². The van der Waals surface area contributed by atoms with E-state index in [1.807, 2.05) is 0 Å². The number of nitro benzene ring substituents is 2. The fourth-order valence-electron chi connectivity index (χ4n) is 1.19. The van der Waals surface area contributed by atoms with Gasteiger partial charge in [-0.15, -0.1) is 0 Å². The zero-order valence-corrected chi connectivity index (χ0v) is 7.91. The normalized spacial score (nSPS) is 12.1. The summed E-state index contributed by atoms with van der Waals surface area (Å²) in [4.78, 5) is 19.7. The lowest BCUT2D eigenvalue weighted by molar-refractivity contribution is -0.394. The predicted molar refractivity (Wildman–Crippen MR) is 52.4 cm³/mol. The number of nitrogens with two attached hydrogens (primary N) is 1. The minimum atomic E-state index is -0.683. The SMILES string of the molecule is CC(N)c1ccc([N+](=O)[O-])cc1[N+](=O)[O-]. The highest BCUT2D eigenvalue weighted by atomic mass is 16.6. The molecule has 0 spiro atoms. The van der Waals surface area contributed by atoms with Gasteiger partial charge in [-0.25, -0.2) is 0 Å². The smallest absolute Gasteiger partial charge is 0.281 e. The van der Waals surface area contributed by atoms with Crippen LogP contribution in [0.15, 0.2) is 18.2 Å². The zero-order chi connectivity index (χ0) is 11.6. The minimum Gasteiger partial charge on any atom is -0.324 e. The van der Waals surface area contributed by atoms with Gasteiger partial charge in [0, 0.05) is 17.7 Å². The lowest BCUT2D eigenvalue weighted by atomic mass is 10.1. The molecule has 0 aliphatic heterocycles. The molecule has 0 fully saturated rings. The topological polar surface area (TPSA) is 112 Å². The Hall–Kier alpha value is -2.02. The Balaban J connectivity index is 3.33. The quantitative estimate of drug-likeness (QED) is 0.601. The van der Waals surface area contributed by atoms with Gasteiger partial charge in [-0.2, -0.15) is 0 Å². The second-order valence-electron chi connectivity index (χ2n) is 3.05. The van der Waals surface area contributed by atoms with Crippen molar-refractivity contribution in [2.24, 2.45) is 5.73 Å². The zero-order valence-electron chi connectivity index (χ0n) is 7.91. The maximum atomic E-state index is 10.6. The Morgan fingerprint density at radius 1 is 1.27 bits per heavy atom. The first-order chi connectivity index (χ1) is 6.93. The monoisotopic (exact) mass is 211 g/mol. The summed E-state index contributed by atoms with van der Waals surface area (Å²) in [6, 6.07) is 2.89. The van der Waals surface area contributed by atoms with Crippen molar-refractivity contribution in [3.63, 3.8) is 0 Å². The predicted octanol–water partition coefficient (Wildman–Crippen LogP) is 1.52. The van der Waals surface area contributed by atoms with Gasteiger partial charge in [-0.05, 0) is 13.0 Å². The van der Waals surface area contributed by atoms with Gasteiger partial charge in [0.05, 0.1) is 15.9 Å². The Labute approximate surface area is 84.8 Å². The molecule has 0 heterocycles. The van der Waals surface area contributed by atoms with Crippen LogP contribution in [0.1, 0.15) is 18.5 Å². The summed E-state index contributed by atoms with van der Waals surface area (Å²) in [5, 5.41) is 21.0. The Morgan fingerprint density at radius 3 is 2.27 bits per heavy atom. The maximum Gasteiger partial charge on any atom is 0.281 e. The van der Waals surface area contributed by atoms with E-state index < -0.39 is 15.9 Å². The van der Waals surface area contributed by atoms with Crippen LogP contribution < -0.4 is 5.73 Å². The van der Waals surface area contributed by atoms with Gasteiger partial charge in [-0.1, -0.05) is 0 Å². The molecule has 0 aliphatic rings. The van der Waals surface area contributed by atoms with Gasteiger partial charge >= 0.3 is 0 Å². The van der Waals surface area contributed by atoms with E-state index in [9.17, 15) is 20.2 Å². The van der Waals surface area contributed by atoms with Crippen molar-refractivity contribution in [2.75, 3.05) is 0 Å². The average Bonchev–Trinajstić information content (AvgIpc) is 2.16. The Kier molecular flexibility index (Phi) is 2.96. The standard InChI is InChI=1S/C8H9N3O4/c1-5(9)7-3-2-6(10(12)13)4-8(7)11(14)15/h2-5H,9H2,1H3. The van der Waals surface area contributed by atoms with Crippen LogP contribution in [0.25, 0.3) is 0 Å². The van der Waals surface area contributed by atoms with E-state index in [2.05, 4.69) is 0 Å². The van der Waals surface area contributed by atoms with Crippen molar-refractivity contribution >= 4 is 11.4 Å². The van der Waals surface area contributed by atoms with Crippen molar-refractivity contribution in [2.45, 2.75) is 13.0 Å². The molecule has 7 nitrogen and oxygen atoms in total. The van der Waals surface area contributed by atoms with Crippen LogP contribution in [-0.2, 0) is 0 Å². The Bertz CT molecular complexity index is 416. The van der Waals surface area contributed by atoms with E-state index >= 15 is 0 Å². The van der Waals surface area contributed by atoms with E-state index in [-0.39, 0.29) is 16.9 Å². The maximum absolute atomic E-state index is 10.6. The molecular formula is C8H9N3O4. The molecule has 1 aromatic rings. The molecule has 0 radical (unpaired) electrons. The second kappa shape index (κ2) is 4.01. The van der Waals surface area contributed by atoms with Crippen molar-refractivity contribution < 1.29 is 9.85 Å². The molecule has 1 unspecified atom stereocenters. The molecule has 0 aromatic heterocycles. The minimum absolute atomic E-state index is 0.283. The third kappa shape index (κ3) is 2.26. The third-order valence-corrected chi connectivity index (χ3v) is 1.91. The summed E-state index contributed by atoms with van der Waals surface area (Å²) in [6.07, 6.45) is 0. The summed E-state index contributed by atoms with van der Waals surface area (Å²) in [6.45, 7) is 1.58. The largest absolute Gasteiger partial charge is 0.324 e. The van der Waals surface area contributed by atoms with Crippen LogP contribution in [0.5, 0.6) is 0 Å². The second-order valence-corrected chi connectivity index (χ2v) is 3.05. The number of hydrogen-bond acceptors (Lipinski definition) is 5. The number of benzene rings is 1. The molecule has 7 heteroatoms. The van der Waals surface area contributed by atoms with Gasteiger partial charge in [0.15, 0.2) is 0 Å². The molecule has 1 aromatic carbocycles. The lowest BCUT2D eigenvalue weighted by Gasteiger charge is -2.05. The fourth-order valence-corrected chi connectivity index (χ4v) is 1.19. The van der Waals surface area contributed by atoms with Gasteiger partial charge in [0.1, 0.15) is 0 Å². The highest BCUT2D eigenvalue weighted by Crippen LogP contribution is 2.27. The van der Waals surface area contributed by atoms with Crippen molar-refractivity contribution in [3.05, 3.63) is 44.0 Å².